The van der Waals surface area contributed by atoms with Gasteiger partial charge in [0.05, 0.1) is 37.8 Å². The Hall–Kier alpha value is -3.45. The molecule has 0 aliphatic heterocycles. The molecule has 0 radical (unpaired) electrons. The summed E-state index contributed by atoms with van der Waals surface area (Å²) in [6, 6.07) is 23.1. The molecule has 0 bridgehead atoms. The number of aromatic nitrogens is 4. The molecule has 6 rings (SSSR count). The molecular formula is C26H16Cl2N4OS. The third-order valence-electron chi connectivity index (χ3n) is 5.60. The number of para-hydroxylation sites is 2. The van der Waals surface area contributed by atoms with Crippen molar-refractivity contribution in [3.63, 3.8) is 0 Å². The van der Waals surface area contributed by atoms with Crippen LogP contribution in [-0.2, 0) is 6.54 Å². The molecule has 3 aromatic heterocycles. The Morgan fingerprint density at radius 2 is 1.74 bits per heavy atom. The lowest BCUT2D eigenvalue weighted by Gasteiger charge is -2.03. The van der Waals surface area contributed by atoms with Gasteiger partial charge >= 0.3 is 0 Å². The molecule has 3 aromatic carbocycles. The van der Waals surface area contributed by atoms with Gasteiger partial charge in [0.15, 0.2) is 4.96 Å². The Labute approximate surface area is 208 Å². The molecular weight excluding hydrogens is 487 g/mol. The fourth-order valence-corrected chi connectivity index (χ4v) is 5.32. The van der Waals surface area contributed by atoms with Crippen LogP contribution in [0.2, 0.25) is 10.0 Å². The van der Waals surface area contributed by atoms with E-state index in [0.29, 0.717) is 26.1 Å². The predicted molar refractivity (Wildman–Crippen MR) is 139 cm³/mol. The number of thiazole rings is 1. The average Bonchev–Trinajstić information content (AvgIpc) is 3.50. The molecule has 0 N–H and O–H groups in total. The van der Waals surface area contributed by atoms with Gasteiger partial charge in [-0.05, 0) is 35.9 Å². The molecule has 6 aromatic rings. The van der Waals surface area contributed by atoms with E-state index in [-0.39, 0.29) is 5.56 Å². The maximum Gasteiger partial charge on any atom is 0.274 e. The summed E-state index contributed by atoms with van der Waals surface area (Å²) in [6.45, 7) is 0.521. The van der Waals surface area contributed by atoms with Gasteiger partial charge in [-0.25, -0.2) is 9.38 Å². The second kappa shape index (κ2) is 8.40. The molecule has 0 saturated heterocycles. The van der Waals surface area contributed by atoms with E-state index in [4.69, 9.17) is 28.3 Å². The van der Waals surface area contributed by atoms with Crippen molar-refractivity contribution in [1.29, 1.82) is 0 Å². The smallest absolute Gasteiger partial charge is 0.267 e. The van der Waals surface area contributed by atoms with Crippen LogP contribution in [0.3, 0.4) is 0 Å². The van der Waals surface area contributed by atoms with E-state index >= 15 is 0 Å². The first-order chi connectivity index (χ1) is 16.6. The van der Waals surface area contributed by atoms with Gasteiger partial charge in [0.25, 0.3) is 5.56 Å². The molecule has 0 saturated carbocycles. The highest BCUT2D eigenvalue weighted by Gasteiger charge is 2.14. The number of rotatable bonds is 4. The standard InChI is InChI=1S/C26H16Cl2N4OS/c27-19-11-10-16(12-20(19)28)14-31-15-18(24(30-31)17-6-2-1-3-7-17)13-23-25(33)32-22-9-5-4-8-21(22)29-26(32)34-23/h1-13,15H,14H2. The normalized spacial score (nSPS) is 12.2. The molecule has 0 amide bonds. The zero-order valence-electron chi connectivity index (χ0n) is 17.7. The maximum atomic E-state index is 13.3. The number of benzene rings is 3. The van der Waals surface area contributed by atoms with Gasteiger partial charge in [-0.2, -0.15) is 5.10 Å². The molecule has 0 fully saturated rings. The molecule has 8 heteroatoms. The number of nitrogens with zero attached hydrogens (tertiary/aromatic N) is 4. The summed E-state index contributed by atoms with van der Waals surface area (Å²) in [7, 11) is 0. The van der Waals surface area contributed by atoms with Crippen molar-refractivity contribution in [2.24, 2.45) is 0 Å². The average molecular weight is 503 g/mol. The lowest BCUT2D eigenvalue weighted by molar-refractivity contribution is 0.689. The molecule has 0 unspecified atom stereocenters. The third-order valence-corrected chi connectivity index (χ3v) is 7.31. The van der Waals surface area contributed by atoms with E-state index in [2.05, 4.69) is 4.98 Å². The van der Waals surface area contributed by atoms with E-state index < -0.39 is 0 Å². The van der Waals surface area contributed by atoms with Crippen molar-refractivity contribution in [1.82, 2.24) is 19.2 Å². The number of fused-ring (bicyclic) bond motifs is 3. The van der Waals surface area contributed by atoms with E-state index in [1.807, 2.05) is 83.7 Å². The van der Waals surface area contributed by atoms with Gasteiger partial charge in [-0.3, -0.25) is 9.48 Å². The second-order valence-corrected chi connectivity index (χ2v) is 9.70. The number of imidazole rings is 1. The summed E-state index contributed by atoms with van der Waals surface area (Å²) >= 11 is 13.6. The first-order valence-electron chi connectivity index (χ1n) is 10.6. The first kappa shape index (κ1) is 21.1. The van der Waals surface area contributed by atoms with Gasteiger partial charge in [-0.1, -0.05) is 83.1 Å². The van der Waals surface area contributed by atoms with Crippen LogP contribution in [0.15, 0.2) is 83.8 Å². The van der Waals surface area contributed by atoms with Crippen LogP contribution in [0.5, 0.6) is 0 Å². The van der Waals surface area contributed by atoms with Crippen LogP contribution >= 0.6 is 34.5 Å². The first-order valence-corrected chi connectivity index (χ1v) is 12.1. The summed E-state index contributed by atoms with van der Waals surface area (Å²) < 4.78 is 4.14. The van der Waals surface area contributed by atoms with Gasteiger partial charge in [0, 0.05) is 17.3 Å². The minimum absolute atomic E-state index is 0.0788. The highest BCUT2D eigenvalue weighted by Crippen LogP contribution is 2.26. The number of halogens is 2. The fraction of sp³-hybridized carbons (Fsp3) is 0.0385. The Morgan fingerprint density at radius 3 is 2.56 bits per heavy atom. The molecule has 3 heterocycles. The lowest BCUT2D eigenvalue weighted by atomic mass is 10.1. The summed E-state index contributed by atoms with van der Waals surface area (Å²) in [5.74, 6) is 0. The van der Waals surface area contributed by atoms with Crippen LogP contribution in [0, 0.1) is 0 Å². The van der Waals surface area contributed by atoms with Crippen LogP contribution in [0.4, 0.5) is 0 Å². The van der Waals surface area contributed by atoms with Crippen LogP contribution in [-0.4, -0.2) is 19.2 Å². The van der Waals surface area contributed by atoms with Gasteiger partial charge in [0.1, 0.15) is 0 Å². The summed E-state index contributed by atoms with van der Waals surface area (Å²) in [4.78, 5) is 18.6. The van der Waals surface area contributed by atoms with E-state index in [0.717, 1.165) is 33.4 Å². The minimum atomic E-state index is -0.0788. The van der Waals surface area contributed by atoms with Crippen molar-refractivity contribution in [2.45, 2.75) is 6.54 Å². The van der Waals surface area contributed by atoms with Crippen molar-refractivity contribution < 1.29 is 0 Å². The summed E-state index contributed by atoms with van der Waals surface area (Å²) in [6.07, 6.45) is 3.85. The highest BCUT2D eigenvalue weighted by atomic mass is 35.5. The van der Waals surface area contributed by atoms with Gasteiger partial charge in [0.2, 0.25) is 0 Å². The van der Waals surface area contributed by atoms with Crippen molar-refractivity contribution >= 4 is 56.6 Å². The Morgan fingerprint density at radius 1 is 0.941 bits per heavy atom. The van der Waals surface area contributed by atoms with Gasteiger partial charge in [-0.15, -0.1) is 0 Å². The minimum Gasteiger partial charge on any atom is -0.267 e. The van der Waals surface area contributed by atoms with E-state index in [1.165, 1.54) is 11.3 Å². The number of hydrogen-bond donors (Lipinski definition) is 0. The van der Waals surface area contributed by atoms with Crippen molar-refractivity contribution in [2.75, 3.05) is 0 Å². The zero-order valence-corrected chi connectivity index (χ0v) is 20.0. The van der Waals surface area contributed by atoms with Gasteiger partial charge < -0.3 is 0 Å². The van der Waals surface area contributed by atoms with Crippen molar-refractivity contribution in [3.05, 3.63) is 115 Å². The van der Waals surface area contributed by atoms with E-state index in [9.17, 15) is 4.79 Å². The summed E-state index contributed by atoms with van der Waals surface area (Å²) in [5, 5.41) is 5.86. The quantitative estimate of drug-likeness (QED) is 0.311. The highest BCUT2D eigenvalue weighted by molar-refractivity contribution is 7.15. The monoisotopic (exact) mass is 502 g/mol. The SMILES string of the molecule is O=c1c(=Cc2cn(Cc3ccc(Cl)c(Cl)c3)nc2-c2ccccc2)sc2nc3ccccc3n12. The molecule has 0 aliphatic rings. The third kappa shape index (κ3) is 3.70. The lowest BCUT2D eigenvalue weighted by Crippen LogP contribution is -2.22. The Balaban J connectivity index is 1.50. The Bertz CT molecular complexity index is 1790. The Kier molecular flexibility index (Phi) is 5.21. The van der Waals surface area contributed by atoms with Crippen molar-refractivity contribution in [3.8, 4) is 11.3 Å². The molecule has 5 nitrogen and oxygen atoms in total. The zero-order chi connectivity index (χ0) is 23.2. The maximum absolute atomic E-state index is 13.3. The summed E-state index contributed by atoms with van der Waals surface area (Å²) in [5.41, 5.74) is 5.17. The fourth-order valence-electron chi connectivity index (χ4n) is 4.02. The van der Waals surface area contributed by atoms with Crippen LogP contribution < -0.4 is 10.1 Å². The molecule has 0 aliphatic carbocycles. The molecule has 166 valence electrons. The number of hydrogen-bond acceptors (Lipinski definition) is 4. The van der Waals surface area contributed by atoms with Crippen LogP contribution in [0.1, 0.15) is 11.1 Å². The largest absolute Gasteiger partial charge is 0.274 e. The predicted octanol–water partition coefficient (Wildman–Crippen LogP) is 5.68. The van der Waals surface area contributed by atoms with Crippen LogP contribution in [0.25, 0.3) is 33.3 Å². The second-order valence-electron chi connectivity index (χ2n) is 7.88. The van der Waals surface area contributed by atoms with E-state index in [1.54, 1.807) is 10.5 Å². The topological polar surface area (TPSA) is 52.2 Å². The molecule has 0 spiro atoms. The molecule has 34 heavy (non-hydrogen) atoms. The molecule has 0 atom stereocenters.